The molecule has 0 N–H and O–H groups in total. The van der Waals surface area contributed by atoms with Gasteiger partial charge < -0.3 is 14.2 Å². The number of carbonyl (C=O) groups excluding carboxylic acids is 1. The van der Waals surface area contributed by atoms with Gasteiger partial charge in [-0.3, -0.25) is 9.36 Å². The third kappa shape index (κ3) is 4.88. The van der Waals surface area contributed by atoms with Crippen LogP contribution in [0.25, 0.3) is 16.8 Å². The number of thiazole rings is 1. The highest BCUT2D eigenvalue weighted by Crippen LogP contribution is 2.41. The lowest BCUT2D eigenvalue weighted by Gasteiger charge is -2.28. The second-order valence-electron chi connectivity index (χ2n) is 9.09. The molecule has 0 saturated heterocycles. The second kappa shape index (κ2) is 11.3. The number of esters is 1. The second-order valence-corrected chi connectivity index (χ2v) is 10.1. The first-order chi connectivity index (χ1) is 19.0. The number of ether oxygens (including phenoxy) is 3. The minimum Gasteiger partial charge on any atom is -0.497 e. The summed E-state index contributed by atoms with van der Waals surface area (Å²) in [7, 11) is 3.21. The van der Waals surface area contributed by atoms with E-state index in [-0.39, 0.29) is 12.2 Å². The average molecular weight is 543 g/mol. The van der Waals surface area contributed by atoms with Gasteiger partial charge >= 0.3 is 5.97 Å². The highest BCUT2D eigenvalue weighted by molar-refractivity contribution is 7.07. The summed E-state index contributed by atoms with van der Waals surface area (Å²) in [5.74, 6) is 0.803. The van der Waals surface area contributed by atoms with Crippen LogP contribution >= 0.6 is 11.3 Å². The molecule has 8 heteroatoms. The van der Waals surface area contributed by atoms with Crippen LogP contribution in [0, 0.1) is 0 Å². The molecule has 0 spiro atoms. The summed E-state index contributed by atoms with van der Waals surface area (Å²) in [5.41, 5.74) is 2.33. The van der Waals surface area contributed by atoms with E-state index in [0.717, 1.165) is 28.3 Å². The molecule has 0 fully saturated rings. The van der Waals surface area contributed by atoms with Crippen LogP contribution in [0.4, 0.5) is 0 Å². The minimum absolute atomic E-state index is 0.210. The van der Waals surface area contributed by atoms with Crippen LogP contribution in [0.5, 0.6) is 11.5 Å². The number of carbonyl (C=O) groups is 1. The summed E-state index contributed by atoms with van der Waals surface area (Å²) in [5, 5.41) is 1.87. The summed E-state index contributed by atoms with van der Waals surface area (Å²) >= 11 is 1.30. The van der Waals surface area contributed by atoms with E-state index in [0.29, 0.717) is 38.5 Å². The van der Waals surface area contributed by atoms with Gasteiger partial charge in [0.1, 0.15) is 17.5 Å². The molecule has 3 aromatic carbocycles. The van der Waals surface area contributed by atoms with Crippen LogP contribution in [0.3, 0.4) is 0 Å². The maximum Gasteiger partial charge on any atom is 0.338 e. The molecule has 200 valence electrons. The lowest BCUT2D eigenvalue weighted by atomic mass is 9.90. The SMILES string of the molecule is CCCC1=C(C(=O)OCC)C(c2c(OC)ccc3ccccc23)n2c(sc(=Cc3cccc(OC)c3)c2=O)=N1. The largest absolute Gasteiger partial charge is 0.497 e. The van der Waals surface area contributed by atoms with Gasteiger partial charge in [-0.25, -0.2) is 9.79 Å². The molecule has 1 atom stereocenters. The first kappa shape index (κ1) is 26.4. The summed E-state index contributed by atoms with van der Waals surface area (Å²) in [6.45, 7) is 4.02. The van der Waals surface area contributed by atoms with Gasteiger partial charge in [0.25, 0.3) is 5.56 Å². The zero-order valence-corrected chi connectivity index (χ0v) is 23.2. The fraction of sp³-hybridized carbons (Fsp3) is 0.258. The topological polar surface area (TPSA) is 79.1 Å². The minimum atomic E-state index is -0.768. The molecule has 7 nitrogen and oxygen atoms in total. The Labute approximate surface area is 230 Å². The van der Waals surface area contributed by atoms with Gasteiger partial charge in [-0.2, -0.15) is 0 Å². The molecule has 1 aliphatic heterocycles. The highest BCUT2D eigenvalue weighted by atomic mass is 32.1. The summed E-state index contributed by atoms with van der Waals surface area (Å²) < 4.78 is 18.9. The van der Waals surface area contributed by atoms with E-state index in [2.05, 4.69) is 0 Å². The van der Waals surface area contributed by atoms with Crippen molar-refractivity contribution in [3.8, 4) is 11.5 Å². The zero-order valence-electron chi connectivity index (χ0n) is 22.4. The summed E-state index contributed by atoms with van der Waals surface area (Å²) in [4.78, 5) is 33.1. The number of allylic oxidation sites excluding steroid dienone is 1. The quantitative estimate of drug-likeness (QED) is 0.300. The van der Waals surface area contributed by atoms with Crippen LogP contribution in [0.1, 0.15) is 43.9 Å². The number of benzene rings is 3. The molecule has 1 aliphatic rings. The Hall–Kier alpha value is -4.17. The molecule has 0 saturated carbocycles. The van der Waals surface area contributed by atoms with Gasteiger partial charge in [0, 0.05) is 5.56 Å². The van der Waals surface area contributed by atoms with Crippen molar-refractivity contribution in [3.05, 3.63) is 103 Å². The van der Waals surface area contributed by atoms with Gasteiger partial charge in [-0.05, 0) is 54.0 Å². The van der Waals surface area contributed by atoms with Gasteiger partial charge in [0.15, 0.2) is 4.80 Å². The molecule has 39 heavy (non-hydrogen) atoms. The van der Waals surface area contributed by atoms with Crippen molar-refractivity contribution in [2.24, 2.45) is 4.99 Å². The Bertz CT molecular complexity index is 1770. The normalized spacial score (nSPS) is 15.2. The number of methoxy groups -OCH3 is 2. The number of fused-ring (bicyclic) bond motifs is 2. The van der Waals surface area contributed by atoms with E-state index in [9.17, 15) is 9.59 Å². The predicted molar refractivity (Wildman–Crippen MR) is 153 cm³/mol. The van der Waals surface area contributed by atoms with Crippen LogP contribution < -0.4 is 24.4 Å². The average Bonchev–Trinajstić information content (AvgIpc) is 3.26. The predicted octanol–water partition coefficient (Wildman–Crippen LogP) is 4.75. The Balaban J connectivity index is 1.87. The molecule has 0 radical (unpaired) electrons. The van der Waals surface area contributed by atoms with Gasteiger partial charge in [-0.1, -0.05) is 67.1 Å². The highest BCUT2D eigenvalue weighted by Gasteiger charge is 2.37. The first-order valence-corrected chi connectivity index (χ1v) is 13.7. The third-order valence-electron chi connectivity index (χ3n) is 6.71. The van der Waals surface area contributed by atoms with E-state index in [4.69, 9.17) is 19.2 Å². The van der Waals surface area contributed by atoms with Crippen LogP contribution in [0.15, 0.2) is 81.7 Å². The zero-order chi connectivity index (χ0) is 27.5. The summed E-state index contributed by atoms with van der Waals surface area (Å²) in [6, 6.07) is 18.5. The van der Waals surface area contributed by atoms with Crippen molar-refractivity contribution in [2.75, 3.05) is 20.8 Å². The molecule has 1 unspecified atom stereocenters. The van der Waals surface area contributed by atoms with E-state index in [1.807, 2.05) is 73.7 Å². The van der Waals surface area contributed by atoms with Crippen LogP contribution in [-0.4, -0.2) is 31.4 Å². The summed E-state index contributed by atoms with van der Waals surface area (Å²) in [6.07, 6.45) is 3.18. The molecule has 0 amide bonds. The number of hydrogen-bond acceptors (Lipinski definition) is 7. The molecule has 0 bridgehead atoms. The van der Waals surface area contributed by atoms with Crippen molar-refractivity contribution in [2.45, 2.75) is 32.7 Å². The Morgan fingerprint density at radius 2 is 1.87 bits per heavy atom. The smallest absolute Gasteiger partial charge is 0.338 e. The Morgan fingerprint density at radius 3 is 2.62 bits per heavy atom. The molecule has 2 heterocycles. The van der Waals surface area contributed by atoms with E-state index in [1.165, 1.54) is 11.3 Å². The molecule has 1 aromatic heterocycles. The maximum atomic E-state index is 14.1. The van der Waals surface area contributed by atoms with Crippen LogP contribution in [-0.2, 0) is 9.53 Å². The van der Waals surface area contributed by atoms with Gasteiger partial charge in [-0.15, -0.1) is 0 Å². The fourth-order valence-electron chi connectivity index (χ4n) is 5.01. The van der Waals surface area contributed by atoms with Gasteiger partial charge in [0.2, 0.25) is 0 Å². The molecular weight excluding hydrogens is 512 g/mol. The Kier molecular flexibility index (Phi) is 7.65. The lowest BCUT2D eigenvalue weighted by Crippen LogP contribution is -2.40. The molecule has 5 rings (SSSR count). The molecule has 0 aliphatic carbocycles. The van der Waals surface area contributed by atoms with E-state index < -0.39 is 12.0 Å². The van der Waals surface area contributed by atoms with Gasteiger partial charge in [0.05, 0.1) is 36.6 Å². The standard InChI is InChI=1S/C31H30N2O5S/c1-5-10-23-27(30(35)38-6-2)28(26-22-14-8-7-12-20(22)15-16-24(26)37-4)33-29(34)25(39-31(33)32-23)18-19-11-9-13-21(17-19)36-3/h7-9,11-18,28H,5-6,10H2,1-4H3. The van der Waals surface area contributed by atoms with E-state index >= 15 is 0 Å². The first-order valence-electron chi connectivity index (χ1n) is 12.9. The number of aromatic nitrogens is 1. The number of hydrogen-bond donors (Lipinski definition) is 0. The van der Waals surface area contributed by atoms with Crippen molar-refractivity contribution in [1.82, 2.24) is 4.57 Å². The maximum absolute atomic E-state index is 14.1. The fourth-order valence-corrected chi connectivity index (χ4v) is 6.03. The molecule has 4 aromatic rings. The Morgan fingerprint density at radius 1 is 1.05 bits per heavy atom. The van der Waals surface area contributed by atoms with Crippen molar-refractivity contribution in [3.63, 3.8) is 0 Å². The number of rotatable bonds is 8. The van der Waals surface area contributed by atoms with E-state index in [1.54, 1.807) is 25.7 Å². The number of nitrogens with zero attached hydrogens (tertiary/aromatic N) is 2. The van der Waals surface area contributed by atoms with Crippen molar-refractivity contribution < 1.29 is 19.0 Å². The monoisotopic (exact) mass is 542 g/mol. The lowest BCUT2D eigenvalue weighted by molar-refractivity contribution is -0.139. The third-order valence-corrected chi connectivity index (χ3v) is 7.69. The van der Waals surface area contributed by atoms with Crippen molar-refractivity contribution in [1.29, 1.82) is 0 Å². The van der Waals surface area contributed by atoms with Crippen LogP contribution in [0.2, 0.25) is 0 Å². The van der Waals surface area contributed by atoms with Crippen molar-refractivity contribution >= 4 is 34.2 Å². The molecular formula is C31H30N2O5S.